The Hall–Kier alpha value is -2.92. The topological polar surface area (TPSA) is 60.8 Å². The molecule has 2 aromatic carbocycles. The van der Waals surface area contributed by atoms with Gasteiger partial charge in [-0.3, -0.25) is 4.79 Å². The Bertz CT molecular complexity index is 1090. The third-order valence-corrected chi connectivity index (χ3v) is 6.74. The fourth-order valence-corrected chi connectivity index (χ4v) is 4.44. The molecule has 0 aliphatic heterocycles. The molecule has 2 aliphatic rings. The Morgan fingerprint density at radius 2 is 1.43 bits per heavy atom. The number of allylic oxidation sites excluding steroid dienone is 1. The van der Waals surface area contributed by atoms with Crippen molar-refractivity contribution in [1.82, 2.24) is 4.90 Å². The molecule has 4 rings (SSSR count). The average Bonchev–Trinajstić information content (AvgIpc) is 3.26. The molecule has 1 unspecified atom stereocenters. The molecule has 1 fully saturated rings. The van der Waals surface area contributed by atoms with Crippen LogP contribution in [-0.4, -0.2) is 40.6 Å². The molecule has 1 saturated carbocycles. The zero-order valence-corrected chi connectivity index (χ0v) is 22.3. The maximum Gasteiger partial charge on any atom is 0.416 e. The summed E-state index contributed by atoms with van der Waals surface area (Å²) in [4.78, 5) is 12.7. The van der Waals surface area contributed by atoms with Gasteiger partial charge in [0.05, 0.1) is 17.7 Å². The lowest BCUT2D eigenvalue weighted by Gasteiger charge is -2.21. The molecule has 222 valence electrons. The molecule has 0 amide bonds. The van der Waals surface area contributed by atoms with Gasteiger partial charge < -0.3 is 15.1 Å². The van der Waals surface area contributed by atoms with E-state index >= 15 is 0 Å². The third kappa shape index (κ3) is 10.2. The van der Waals surface area contributed by atoms with E-state index in [4.69, 9.17) is 5.11 Å². The molecule has 0 heterocycles. The van der Waals surface area contributed by atoms with Crippen LogP contribution in [0.2, 0.25) is 0 Å². The predicted molar refractivity (Wildman–Crippen MR) is 137 cm³/mol. The largest absolute Gasteiger partial charge is 0.416 e. The monoisotopic (exact) mass is 577 g/mol. The lowest BCUT2D eigenvalue weighted by atomic mass is 9.84. The summed E-state index contributed by atoms with van der Waals surface area (Å²) in [6.07, 6.45) is -1.93. The van der Waals surface area contributed by atoms with Crippen molar-refractivity contribution in [3.05, 3.63) is 82.3 Å². The minimum atomic E-state index is -4.87. The van der Waals surface area contributed by atoms with Gasteiger partial charge in [-0.1, -0.05) is 31.4 Å². The zero-order chi connectivity index (χ0) is 30.1. The number of likely N-dealkylation sites (N-methyl/N-ethyl adjacent to an activating group) is 1. The standard InChI is InChI=1S/C12H15F.C9H6F6O.C8H13NO2/c13-12-8-6-11(7-9-12)10-4-2-1-3-5-10;10-8(11,12)6-1-5(4-16)2-7(3-6)9(13,14)15;1-3-9(2)7-4-6(10)5-8(7)11/h6-10H,1-5H2;1-3,16H,4H2;4,8,11H,3,5H2,1-2H3. The van der Waals surface area contributed by atoms with E-state index in [1.54, 1.807) is 12.1 Å². The average molecular weight is 578 g/mol. The first-order chi connectivity index (χ1) is 18.6. The van der Waals surface area contributed by atoms with Gasteiger partial charge in [-0.15, -0.1) is 0 Å². The molecule has 1 atom stereocenters. The van der Waals surface area contributed by atoms with Gasteiger partial charge in [-0.2, -0.15) is 26.3 Å². The van der Waals surface area contributed by atoms with Gasteiger partial charge in [0.25, 0.3) is 0 Å². The van der Waals surface area contributed by atoms with Crippen LogP contribution in [0, 0.1) is 5.82 Å². The molecular formula is C29H34F7NO3. The van der Waals surface area contributed by atoms with E-state index in [0.717, 1.165) is 12.2 Å². The highest BCUT2D eigenvalue weighted by Gasteiger charge is 2.36. The minimum absolute atomic E-state index is 0.0131. The highest BCUT2D eigenvalue weighted by Crippen LogP contribution is 2.36. The van der Waals surface area contributed by atoms with Gasteiger partial charge in [-0.05, 0) is 67.1 Å². The summed E-state index contributed by atoms with van der Waals surface area (Å²) < 4.78 is 86.0. The lowest BCUT2D eigenvalue weighted by Crippen LogP contribution is -2.23. The van der Waals surface area contributed by atoms with Gasteiger partial charge in [-0.25, -0.2) is 4.39 Å². The number of rotatable bonds is 4. The maximum atomic E-state index is 12.7. The summed E-state index contributed by atoms with van der Waals surface area (Å²) in [5, 5.41) is 17.9. The SMILES string of the molecule is CCN(C)C1=CC(=O)CC1O.Fc1ccc(C2CCCCC2)cc1.OCc1cc(C(F)(F)F)cc(C(F)(F)F)c1. The number of hydrogen-bond donors (Lipinski definition) is 2. The Morgan fingerprint density at radius 1 is 0.900 bits per heavy atom. The molecule has 0 radical (unpaired) electrons. The molecule has 0 spiro atoms. The van der Waals surface area contributed by atoms with Crippen LogP contribution in [0.4, 0.5) is 30.7 Å². The van der Waals surface area contributed by atoms with Crippen molar-refractivity contribution < 1.29 is 45.7 Å². The quantitative estimate of drug-likeness (QED) is 0.376. The number of ketones is 1. The summed E-state index contributed by atoms with van der Waals surface area (Å²) in [5.41, 5.74) is -1.21. The number of hydrogen-bond acceptors (Lipinski definition) is 4. The van der Waals surface area contributed by atoms with E-state index in [9.17, 15) is 40.6 Å². The number of aliphatic hydroxyl groups is 2. The van der Waals surface area contributed by atoms with Crippen molar-refractivity contribution >= 4 is 5.78 Å². The first-order valence-electron chi connectivity index (χ1n) is 12.9. The number of benzene rings is 2. The highest BCUT2D eigenvalue weighted by atomic mass is 19.4. The normalized spacial score (nSPS) is 17.8. The maximum absolute atomic E-state index is 12.7. The van der Waals surface area contributed by atoms with Gasteiger partial charge in [0.15, 0.2) is 5.78 Å². The van der Waals surface area contributed by atoms with E-state index < -0.39 is 41.8 Å². The highest BCUT2D eigenvalue weighted by molar-refractivity contribution is 5.93. The second kappa shape index (κ2) is 14.6. The van der Waals surface area contributed by atoms with Crippen LogP contribution in [-0.2, 0) is 23.8 Å². The first kappa shape index (κ1) is 33.3. The van der Waals surface area contributed by atoms with Crippen molar-refractivity contribution in [1.29, 1.82) is 0 Å². The van der Waals surface area contributed by atoms with Gasteiger partial charge >= 0.3 is 12.4 Å². The van der Waals surface area contributed by atoms with Crippen LogP contribution in [0.1, 0.15) is 73.6 Å². The van der Waals surface area contributed by atoms with E-state index in [0.29, 0.717) is 18.1 Å². The fourth-order valence-electron chi connectivity index (χ4n) is 4.44. The van der Waals surface area contributed by atoms with E-state index in [1.807, 2.05) is 31.0 Å². The molecular weight excluding hydrogens is 543 g/mol. The zero-order valence-electron chi connectivity index (χ0n) is 22.3. The van der Waals surface area contributed by atoms with Crippen LogP contribution >= 0.6 is 0 Å². The summed E-state index contributed by atoms with van der Waals surface area (Å²) in [6.45, 7) is 1.92. The predicted octanol–water partition coefficient (Wildman–Crippen LogP) is 7.25. The summed E-state index contributed by atoms with van der Waals surface area (Å²) in [7, 11) is 1.87. The molecule has 0 saturated heterocycles. The first-order valence-corrected chi connectivity index (χ1v) is 12.9. The molecule has 2 aromatic rings. The van der Waals surface area contributed by atoms with E-state index in [1.165, 1.54) is 43.7 Å². The smallest absolute Gasteiger partial charge is 0.392 e. The van der Waals surface area contributed by atoms with Crippen molar-refractivity contribution in [3.8, 4) is 0 Å². The molecule has 2 N–H and O–H groups in total. The van der Waals surface area contributed by atoms with Crippen molar-refractivity contribution in [2.24, 2.45) is 0 Å². The third-order valence-electron chi connectivity index (χ3n) is 6.74. The fraction of sp³-hybridized carbons (Fsp3) is 0.483. The summed E-state index contributed by atoms with van der Waals surface area (Å²) in [6, 6.07) is 7.99. The number of aliphatic hydroxyl groups excluding tert-OH is 2. The number of carbonyl (C=O) groups excluding carboxylic acids is 1. The number of carbonyl (C=O) groups is 1. The second-order valence-corrected chi connectivity index (χ2v) is 9.73. The van der Waals surface area contributed by atoms with Gasteiger partial charge in [0.1, 0.15) is 11.9 Å². The van der Waals surface area contributed by atoms with E-state index in [2.05, 4.69) is 0 Å². The summed E-state index contributed by atoms with van der Waals surface area (Å²) in [5.74, 6) is 0.585. The lowest BCUT2D eigenvalue weighted by molar-refractivity contribution is -0.143. The Kier molecular flexibility index (Phi) is 12.2. The molecule has 40 heavy (non-hydrogen) atoms. The number of alkyl halides is 6. The number of nitrogens with zero attached hydrogens (tertiary/aromatic N) is 1. The Labute approximate surface area is 229 Å². The minimum Gasteiger partial charge on any atom is -0.392 e. The molecule has 2 aliphatic carbocycles. The number of halogens is 7. The van der Waals surface area contributed by atoms with Crippen LogP contribution < -0.4 is 0 Å². The van der Waals surface area contributed by atoms with Crippen molar-refractivity contribution in [3.63, 3.8) is 0 Å². The van der Waals surface area contributed by atoms with Crippen LogP contribution in [0.5, 0.6) is 0 Å². The van der Waals surface area contributed by atoms with Gasteiger partial charge in [0, 0.05) is 31.8 Å². The Balaban J connectivity index is 0.000000214. The summed E-state index contributed by atoms with van der Waals surface area (Å²) >= 11 is 0. The van der Waals surface area contributed by atoms with Crippen LogP contribution in [0.3, 0.4) is 0 Å². The molecule has 0 aromatic heterocycles. The Morgan fingerprint density at radius 3 is 1.82 bits per heavy atom. The van der Waals surface area contributed by atoms with Crippen molar-refractivity contribution in [2.45, 2.75) is 76.4 Å². The van der Waals surface area contributed by atoms with Gasteiger partial charge in [0.2, 0.25) is 0 Å². The second-order valence-electron chi connectivity index (χ2n) is 9.73. The molecule has 0 bridgehead atoms. The van der Waals surface area contributed by atoms with E-state index in [-0.39, 0.29) is 24.1 Å². The van der Waals surface area contributed by atoms with Crippen LogP contribution in [0.25, 0.3) is 0 Å². The molecule has 11 heteroatoms. The molecule has 4 nitrogen and oxygen atoms in total. The van der Waals surface area contributed by atoms with Crippen LogP contribution in [0.15, 0.2) is 54.2 Å². The van der Waals surface area contributed by atoms with Crippen molar-refractivity contribution in [2.75, 3.05) is 13.6 Å².